The van der Waals surface area contributed by atoms with Crippen molar-refractivity contribution in [2.45, 2.75) is 39.7 Å². The summed E-state index contributed by atoms with van der Waals surface area (Å²) in [7, 11) is 1.65. The van der Waals surface area contributed by atoms with Gasteiger partial charge in [0.05, 0.1) is 16.8 Å². The van der Waals surface area contributed by atoms with Gasteiger partial charge < -0.3 is 15.5 Å². The Morgan fingerprint density at radius 2 is 1.76 bits per heavy atom. The van der Waals surface area contributed by atoms with Crippen LogP contribution in [-0.2, 0) is 0 Å². The van der Waals surface area contributed by atoms with Gasteiger partial charge in [-0.1, -0.05) is 32.0 Å². The Hall–Kier alpha value is -4.11. The molecule has 2 N–H and O–H groups in total. The van der Waals surface area contributed by atoms with Crippen molar-refractivity contribution in [2.75, 3.05) is 50.0 Å². The van der Waals surface area contributed by atoms with E-state index in [2.05, 4.69) is 81.3 Å². The number of carbonyl (C=O) groups is 1. The minimum atomic E-state index is -0.106. The summed E-state index contributed by atoms with van der Waals surface area (Å²) in [5.74, 6) is 2.17. The van der Waals surface area contributed by atoms with Gasteiger partial charge in [-0.15, -0.1) is 0 Å². The van der Waals surface area contributed by atoms with E-state index in [-0.39, 0.29) is 17.7 Å². The molecule has 1 fully saturated rings. The van der Waals surface area contributed by atoms with Crippen LogP contribution in [-0.4, -0.2) is 76.6 Å². The van der Waals surface area contributed by atoms with E-state index >= 15 is 0 Å². The molecule has 1 aliphatic heterocycles. The van der Waals surface area contributed by atoms with Gasteiger partial charge in [0, 0.05) is 75.2 Å². The van der Waals surface area contributed by atoms with Crippen molar-refractivity contribution in [1.29, 1.82) is 0 Å². The number of carbonyl (C=O) groups excluding carboxylic acids is 1. The summed E-state index contributed by atoms with van der Waals surface area (Å²) >= 11 is 0. The molecule has 4 aromatic rings. The Balaban J connectivity index is 1.24. The lowest BCUT2D eigenvalue weighted by molar-refractivity contribution is 0.0964. The highest BCUT2D eigenvalue weighted by molar-refractivity contribution is 6.06. The Morgan fingerprint density at radius 1 is 0.951 bits per heavy atom. The molecule has 3 aromatic heterocycles. The molecule has 214 valence electrons. The molecule has 0 bridgehead atoms. The second-order valence-electron chi connectivity index (χ2n) is 11.1. The Labute approximate surface area is 242 Å². The molecule has 1 unspecified atom stereocenters. The SMILES string of the molecule is CNC(=O)c1ccnc2c(C(C)[C@H](C)CNc3cc(-c4ccc(N5CCN(C(C)C)CC5)nc4)ncn3)cccc12. The van der Waals surface area contributed by atoms with Crippen LogP contribution >= 0.6 is 0 Å². The van der Waals surface area contributed by atoms with Crippen molar-refractivity contribution in [3.05, 3.63) is 72.3 Å². The molecule has 5 rings (SSSR count). The highest BCUT2D eigenvalue weighted by Crippen LogP contribution is 2.31. The van der Waals surface area contributed by atoms with Gasteiger partial charge in [-0.25, -0.2) is 15.0 Å². The number of hydrogen-bond acceptors (Lipinski definition) is 8. The number of amides is 1. The van der Waals surface area contributed by atoms with Crippen LogP contribution in [0.2, 0.25) is 0 Å². The molecular weight excluding hydrogens is 512 g/mol. The number of hydrogen-bond donors (Lipinski definition) is 2. The van der Waals surface area contributed by atoms with Gasteiger partial charge in [0.15, 0.2) is 0 Å². The van der Waals surface area contributed by atoms with E-state index in [1.165, 1.54) is 0 Å². The van der Waals surface area contributed by atoms with Gasteiger partial charge in [-0.3, -0.25) is 14.7 Å². The topological polar surface area (TPSA) is 99.2 Å². The van der Waals surface area contributed by atoms with Gasteiger partial charge in [-0.05, 0) is 49.4 Å². The molecule has 9 nitrogen and oxygen atoms in total. The Morgan fingerprint density at radius 3 is 2.46 bits per heavy atom. The summed E-state index contributed by atoms with van der Waals surface area (Å²) in [5, 5.41) is 7.09. The van der Waals surface area contributed by atoms with E-state index in [4.69, 9.17) is 4.98 Å². The third kappa shape index (κ3) is 6.30. The van der Waals surface area contributed by atoms with E-state index in [0.717, 1.165) is 72.1 Å². The van der Waals surface area contributed by atoms with Gasteiger partial charge in [0.25, 0.3) is 5.91 Å². The normalized spacial score (nSPS) is 15.6. The number of anilines is 2. The molecule has 0 radical (unpaired) electrons. The number of nitrogens with zero attached hydrogens (tertiary/aromatic N) is 6. The first-order chi connectivity index (χ1) is 19.9. The average molecular weight is 553 g/mol. The first-order valence-electron chi connectivity index (χ1n) is 14.5. The lowest BCUT2D eigenvalue weighted by Gasteiger charge is -2.37. The smallest absolute Gasteiger partial charge is 0.251 e. The number of rotatable bonds is 9. The minimum Gasteiger partial charge on any atom is -0.370 e. The third-order valence-electron chi connectivity index (χ3n) is 8.30. The summed E-state index contributed by atoms with van der Waals surface area (Å²) in [6.45, 7) is 13.8. The molecule has 9 heteroatoms. The molecular formula is C32H40N8O. The number of pyridine rings is 2. The van der Waals surface area contributed by atoms with Crippen LogP contribution in [0.4, 0.5) is 11.6 Å². The van der Waals surface area contributed by atoms with Crippen molar-refractivity contribution in [2.24, 2.45) is 5.92 Å². The standard InChI is InChI=1S/C32H40N8O/c1-21(2)39-13-15-40(16-14-39)30-10-9-24(19-36-30)28-17-29(38-20-37-28)35-18-22(3)23(4)25-7-6-8-26-27(32(41)33-5)11-12-34-31(25)26/h6-12,17,19-23H,13-16,18H2,1-5H3,(H,33,41)(H,35,37,38)/t22-,23?/m1/s1. The van der Waals surface area contributed by atoms with Crippen molar-refractivity contribution in [3.63, 3.8) is 0 Å². The number of para-hydroxylation sites is 1. The zero-order valence-corrected chi connectivity index (χ0v) is 24.6. The quantitative estimate of drug-likeness (QED) is 0.305. The highest BCUT2D eigenvalue weighted by Gasteiger charge is 2.21. The zero-order valence-electron chi connectivity index (χ0n) is 24.6. The van der Waals surface area contributed by atoms with E-state index in [1.807, 2.05) is 24.4 Å². The average Bonchev–Trinajstić information content (AvgIpc) is 3.02. The maximum absolute atomic E-state index is 12.4. The summed E-state index contributed by atoms with van der Waals surface area (Å²) < 4.78 is 0. The molecule has 4 heterocycles. The van der Waals surface area contributed by atoms with Crippen LogP contribution in [0.5, 0.6) is 0 Å². The van der Waals surface area contributed by atoms with Crippen molar-refractivity contribution >= 4 is 28.4 Å². The van der Waals surface area contributed by atoms with E-state index in [1.54, 1.807) is 25.6 Å². The van der Waals surface area contributed by atoms with Crippen molar-refractivity contribution in [1.82, 2.24) is 30.2 Å². The molecule has 0 aliphatic carbocycles. The minimum absolute atomic E-state index is 0.106. The second-order valence-corrected chi connectivity index (χ2v) is 11.1. The molecule has 1 aliphatic rings. The Bertz CT molecular complexity index is 1480. The lowest BCUT2D eigenvalue weighted by Crippen LogP contribution is -2.49. The van der Waals surface area contributed by atoms with Gasteiger partial charge in [0.1, 0.15) is 18.0 Å². The zero-order chi connectivity index (χ0) is 28.9. The fraction of sp³-hybridized carbons (Fsp3) is 0.406. The lowest BCUT2D eigenvalue weighted by atomic mass is 9.87. The number of benzene rings is 1. The maximum Gasteiger partial charge on any atom is 0.251 e. The summed E-state index contributed by atoms with van der Waals surface area (Å²) in [4.78, 5) is 35.6. The van der Waals surface area contributed by atoms with Crippen LogP contribution in [0.3, 0.4) is 0 Å². The summed E-state index contributed by atoms with van der Waals surface area (Å²) in [6.07, 6.45) is 5.21. The first-order valence-corrected chi connectivity index (χ1v) is 14.5. The predicted octanol–water partition coefficient (Wildman–Crippen LogP) is 4.83. The highest BCUT2D eigenvalue weighted by atomic mass is 16.1. The fourth-order valence-electron chi connectivity index (χ4n) is 5.45. The molecule has 1 saturated heterocycles. The molecule has 41 heavy (non-hydrogen) atoms. The number of piperazine rings is 1. The van der Waals surface area contributed by atoms with Gasteiger partial charge >= 0.3 is 0 Å². The van der Waals surface area contributed by atoms with Crippen LogP contribution in [0.15, 0.2) is 61.2 Å². The fourth-order valence-corrected chi connectivity index (χ4v) is 5.45. The first kappa shape index (κ1) is 28.4. The molecule has 1 aromatic carbocycles. The number of fused-ring (bicyclic) bond motifs is 1. The number of nitrogens with one attached hydrogen (secondary N) is 2. The monoisotopic (exact) mass is 552 g/mol. The summed E-state index contributed by atoms with van der Waals surface area (Å²) in [6, 6.07) is 14.6. The van der Waals surface area contributed by atoms with E-state index in [9.17, 15) is 4.79 Å². The largest absolute Gasteiger partial charge is 0.370 e. The second kappa shape index (κ2) is 12.6. The van der Waals surface area contributed by atoms with Gasteiger partial charge in [0.2, 0.25) is 0 Å². The van der Waals surface area contributed by atoms with Crippen LogP contribution in [0.25, 0.3) is 22.2 Å². The van der Waals surface area contributed by atoms with Crippen LogP contribution in [0.1, 0.15) is 49.5 Å². The van der Waals surface area contributed by atoms with Crippen molar-refractivity contribution in [3.8, 4) is 11.3 Å². The van der Waals surface area contributed by atoms with Crippen molar-refractivity contribution < 1.29 is 4.79 Å². The molecule has 0 spiro atoms. The predicted molar refractivity (Wildman–Crippen MR) is 165 cm³/mol. The van der Waals surface area contributed by atoms with E-state index in [0.29, 0.717) is 11.6 Å². The Kier molecular flexibility index (Phi) is 8.73. The molecule has 1 amide bonds. The summed E-state index contributed by atoms with van der Waals surface area (Å²) in [5.41, 5.74) is 4.45. The third-order valence-corrected chi connectivity index (χ3v) is 8.30. The van der Waals surface area contributed by atoms with E-state index < -0.39 is 0 Å². The van der Waals surface area contributed by atoms with Gasteiger partial charge in [-0.2, -0.15) is 0 Å². The molecule has 2 atom stereocenters. The van der Waals surface area contributed by atoms with Crippen LogP contribution < -0.4 is 15.5 Å². The van der Waals surface area contributed by atoms with Crippen LogP contribution in [0, 0.1) is 5.92 Å². The maximum atomic E-state index is 12.4. The number of aromatic nitrogens is 4. The molecule has 0 saturated carbocycles.